The predicted molar refractivity (Wildman–Crippen MR) is 136 cm³/mol. The van der Waals surface area contributed by atoms with Crippen molar-refractivity contribution in [3.63, 3.8) is 0 Å². The summed E-state index contributed by atoms with van der Waals surface area (Å²) in [5, 5.41) is 6.77. The Kier molecular flexibility index (Phi) is 6.76. The summed E-state index contributed by atoms with van der Waals surface area (Å²) in [4.78, 5) is 17.2. The van der Waals surface area contributed by atoms with Crippen LogP contribution in [0.25, 0.3) is 22.6 Å². The van der Waals surface area contributed by atoms with Crippen LogP contribution in [0, 0.1) is 6.92 Å². The van der Waals surface area contributed by atoms with Crippen molar-refractivity contribution >= 4 is 74.8 Å². The van der Waals surface area contributed by atoms with Crippen LogP contribution in [0.1, 0.15) is 15.9 Å². The standard InChI is InChI=1S/C23H16Cl3N3O3S/c1-11-3-4-12(7-16(11)25)22-28-18-10-14(5-6-19(18)32-22)27-23(33)29-21(30)15-8-13(24)9-17(26)20(15)31-2/h3-10H,1-2H3,(H2,27,29,30,33). The van der Waals surface area contributed by atoms with Crippen molar-refractivity contribution in [2.24, 2.45) is 0 Å². The van der Waals surface area contributed by atoms with E-state index in [2.05, 4.69) is 15.6 Å². The molecule has 33 heavy (non-hydrogen) atoms. The Hall–Kier alpha value is -2.84. The number of halogens is 3. The molecule has 3 aromatic carbocycles. The number of carbonyl (C=O) groups is 1. The first-order valence-electron chi connectivity index (χ1n) is 9.57. The minimum Gasteiger partial charge on any atom is -0.494 e. The average molecular weight is 521 g/mol. The molecule has 2 N–H and O–H groups in total. The number of aryl methyl sites for hydroxylation is 1. The maximum Gasteiger partial charge on any atom is 0.261 e. The van der Waals surface area contributed by atoms with Gasteiger partial charge in [0.1, 0.15) is 11.3 Å². The van der Waals surface area contributed by atoms with Crippen LogP contribution in [0.3, 0.4) is 0 Å². The second kappa shape index (κ2) is 9.57. The zero-order valence-electron chi connectivity index (χ0n) is 17.3. The minimum absolute atomic E-state index is 0.0755. The maximum absolute atomic E-state index is 12.7. The molecule has 0 aliphatic heterocycles. The number of anilines is 1. The molecule has 1 amide bonds. The molecule has 0 radical (unpaired) electrons. The van der Waals surface area contributed by atoms with Crippen LogP contribution in [-0.2, 0) is 0 Å². The zero-order valence-corrected chi connectivity index (χ0v) is 20.4. The lowest BCUT2D eigenvalue weighted by Gasteiger charge is -2.13. The van der Waals surface area contributed by atoms with E-state index in [4.69, 9.17) is 56.2 Å². The quantitative estimate of drug-likeness (QED) is 0.285. The van der Waals surface area contributed by atoms with Gasteiger partial charge in [-0.05, 0) is 67.2 Å². The summed E-state index contributed by atoms with van der Waals surface area (Å²) in [5.74, 6) is 0.133. The van der Waals surface area contributed by atoms with Crippen LogP contribution >= 0.6 is 47.0 Å². The SMILES string of the molecule is COc1c(Cl)cc(Cl)cc1C(=O)NC(=S)Nc1ccc2oc(-c3ccc(C)c(Cl)c3)nc2c1. The third kappa shape index (κ3) is 5.07. The molecule has 0 aliphatic carbocycles. The van der Waals surface area contributed by atoms with Crippen LogP contribution in [0.2, 0.25) is 15.1 Å². The molecule has 0 spiro atoms. The number of nitrogens with one attached hydrogen (secondary N) is 2. The Bertz CT molecular complexity index is 1400. The topological polar surface area (TPSA) is 76.4 Å². The van der Waals surface area contributed by atoms with Gasteiger partial charge in [-0.2, -0.15) is 0 Å². The van der Waals surface area contributed by atoms with Crippen molar-refractivity contribution in [3.05, 3.63) is 74.7 Å². The lowest BCUT2D eigenvalue weighted by Crippen LogP contribution is -2.34. The smallest absolute Gasteiger partial charge is 0.261 e. The molecule has 0 saturated heterocycles. The monoisotopic (exact) mass is 519 g/mol. The third-order valence-electron chi connectivity index (χ3n) is 4.75. The second-order valence-electron chi connectivity index (χ2n) is 7.04. The van der Waals surface area contributed by atoms with Gasteiger partial charge in [-0.3, -0.25) is 10.1 Å². The summed E-state index contributed by atoms with van der Waals surface area (Å²) >= 11 is 23.6. The normalized spacial score (nSPS) is 10.8. The fraction of sp³-hybridized carbons (Fsp3) is 0.0870. The number of thiocarbonyl (C=S) groups is 1. The van der Waals surface area contributed by atoms with Crippen LogP contribution < -0.4 is 15.4 Å². The summed E-state index contributed by atoms with van der Waals surface area (Å²) in [6.45, 7) is 1.93. The highest BCUT2D eigenvalue weighted by atomic mass is 35.5. The summed E-state index contributed by atoms with van der Waals surface area (Å²) < 4.78 is 11.1. The van der Waals surface area contributed by atoms with E-state index < -0.39 is 5.91 Å². The Morgan fingerprint density at radius 2 is 1.85 bits per heavy atom. The van der Waals surface area contributed by atoms with Crippen LogP contribution in [-0.4, -0.2) is 23.1 Å². The first-order valence-corrected chi connectivity index (χ1v) is 11.1. The van der Waals surface area contributed by atoms with E-state index >= 15 is 0 Å². The van der Waals surface area contributed by atoms with Gasteiger partial charge in [-0.15, -0.1) is 0 Å². The molecular formula is C23H16Cl3N3O3S. The molecule has 10 heteroatoms. The number of carbonyl (C=O) groups excluding carboxylic acids is 1. The van der Waals surface area contributed by atoms with Gasteiger partial charge < -0.3 is 14.5 Å². The average Bonchev–Trinajstić information content (AvgIpc) is 3.18. The van der Waals surface area contributed by atoms with Crippen molar-refractivity contribution in [1.82, 2.24) is 10.3 Å². The van der Waals surface area contributed by atoms with E-state index in [0.29, 0.717) is 32.7 Å². The fourth-order valence-electron chi connectivity index (χ4n) is 3.12. The Morgan fingerprint density at radius 1 is 1.06 bits per heavy atom. The second-order valence-corrected chi connectivity index (χ2v) is 8.70. The van der Waals surface area contributed by atoms with Crippen molar-refractivity contribution in [2.45, 2.75) is 6.92 Å². The highest BCUT2D eigenvalue weighted by molar-refractivity contribution is 7.80. The van der Waals surface area contributed by atoms with Gasteiger partial charge in [-0.25, -0.2) is 4.98 Å². The van der Waals surface area contributed by atoms with Crippen molar-refractivity contribution in [3.8, 4) is 17.2 Å². The highest BCUT2D eigenvalue weighted by Gasteiger charge is 2.18. The molecule has 1 heterocycles. The third-order valence-corrected chi connectivity index (χ3v) is 5.86. The number of benzene rings is 3. The number of methoxy groups -OCH3 is 1. The number of rotatable bonds is 4. The molecule has 4 rings (SSSR count). The lowest BCUT2D eigenvalue weighted by molar-refractivity contribution is 0.0975. The van der Waals surface area contributed by atoms with Crippen LogP contribution in [0.15, 0.2) is 52.9 Å². The number of oxazole rings is 1. The Balaban J connectivity index is 1.51. The van der Waals surface area contributed by atoms with E-state index in [9.17, 15) is 4.79 Å². The van der Waals surface area contributed by atoms with Crippen molar-refractivity contribution < 1.29 is 13.9 Å². The van der Waals surface area contributed by atoms with E-state index in [1.54, 1.807) is 18.2 Å². The number of ether oxygens (including phenoxy) is 1. The molecule has 0 unspecified atom stereocenters. The van der Waals surface area contributed by atoms with Gasteiger partial charge in [0.2, 0.25) is 5.89 Å². The number of amides is 1. The molecule has 4 aromatic rings. The van der Waals surface area contributed by atoms with Crippen molar-refractivity contribution in [1.29, 1.82) is 0 Å². The van der Waals surface area contributed by atoms with Gasteiger partial charge in [-0.1, -0.05) is 40.9 Å². The summed E-state index contributed by atoms with van der Waals surface area (Å²) in [7, 11) is 1.41. The van der Waals surface area contributed by atoms with Gasteiger partial charge in [0.05, 0.1) is 17.7 Å². The lowest BCUT2D eigenvalue weighted by atomic mass is 10.1. The number of hydrogen-bond donors (Lipinski definition) is 2. The maximum atomic E-state index is 12.7. The van der Waals surface area contributed by atoms with Gasteiger partial charge in [0, 0.05) is 21.3 Å². The Labute approximate surface area is 209 Å². The molecule has 0 atom stereocenters. The Morgan fingerprint density at radius 3 is 2.58 bits per heavy atom. The first-order chi connectivity index (χ1) is 15.7. The van der Waals surface area contributed by atoms with Crippen LogP contribution in [0.4, 0.5) is 5.69 Å². The number of nitrogens with zero attached hydrogens (tertiary/aromatic N) is 1. The first kappa shape index (κ1) is 23.3. The van der Waals surface area contributed by atoms with Gasteiger partial charge in [0.15, 0.2) is 10.7 Å². The largest absolute Gasteiger partial charge is 0.494 e. The summed E-state index contributed by atoms with van der Waals surface area (Å²) in [5.41, 5.74) is 3.73. The molecule has 1 aromatic heterocycles. The number of aromatic nitrogens is 1. The van der Waals surface area contributed by atoms with E-state index in [1.165, 1.54) is 19.2 Å². The molecule has 168 valence electrons. The van der Waals surface area contributed by atoms with Gasteiger partial charge in [0.25, 0.3) is 5.91 Å². The molecular weight excluding hydrogens is 505 g/mol. The van der Waals surface area contributed by atoms with E-state index in [-0.39, 0.29) is 21.4 Å². The van der Waals surface area contributed by atoms with Crippen LogP contribution in [0.5, 0.6) is 5.75 Å². The fourth-order valence-corrected chi connectivity index (χ4v) is 4.09. The van der Waals surface area contributed by atoms with E-state index in [0.717, 1.165) is 11.1 Å². The molecule has 6 nitrogen and oxygen atoms in total. The molecule has 0 aliphatic rings. The van der Waals surface area contributed by atoms with Gasteiger partial charge >= 0.3 is 0 Å². The van der Waals surface area contributed by atoms with E-state index in [1.807, 2.05) is 25.1 Å². The molecule has 0 saturated carbocycles. The number of hydrogen-bond acceptors (Lipinski definition) is 5. The highest BCUT2D eigenvalue weighted by Crippen LogP contribution is 2.32. The molecule has 0 bridgehead atoms. The minimum atomic E-state index is -0.519. The molecule has 0 fully saturated rings. The summed E-state index contributed by atoms with van der Waals surface area (Å²) in [6, 6.07) is 13.8. The predicted octanol–water partition coefficient (Wildman–Crippen LogP) is 6.90. The zero-order chi connectivity index (χ0) is 23.7. The summed E-state index contributed by atoms with van der Waals surface area (Å²) in [6.07, 6.45) is 0. The number of fused-ring (bicyclic) bond motifs is 1. The van der Waals surface area contributed by atoms with Crippen molar-refractivity contribution in [2.75, 3.05) is 12.4 Å².